The van der Waals surface area contributed by atoms with Crippen molar-refractivity contribution in [2.24, 2.45) is 0 Å². The number of thioether (sulfide) groups is 1. The number of esters is 1. The number of rotatable bonds is 8. The number of halogens is 1. The molecular formula is C24H24ClNO6S. The topological polar surface area (TPSA) is 82.1 Å². The molecule has 0 atom stereocenters. The van der Waals surface area contributed by atoms with Crippen LogP contribution in [0.3, 0.4) is 0 Å². The molecule has 3 rings (SSSR count). The third-order valence-corrected chi connectivity index (χ3v) is 5.73. The minimum absolute atomic E-state index is 0.170. The molecule has 0 aromatic heterocycles. The van der Waals surface area contributed by atoms with E-state index in [2.05, 4.69) is 0 Å². The Hall–Kier alpha value is -2.97. The second kappa shape index (κ2) is 10.8. The quantitative estimate of drug-likeness (QED) is 0.371. The summed E-state index contributed by atoms with van der Waals surface area (Å²) < 4.78 is 16.3. The number of ether oxygens (including phenoxy) is 3. The van der Waals surface area contributed by atoms with Crippen molar-refractivity contribution in [2.45, 2.75) is 33.5 Å². The fraction of sp³-hybridized carbons (Fsp3) is 0.292. The van der Waals surface area contributed by atoms with Gasteiger partial charge in [-0.3, -0.25) is 19.3 Å². The predicted octanol–water partition coefficient (Wildman–Crippen LogP) is 5.22. The molecule has 0 spiro atoms. The normalized spacial score (nSPS) is 14.8. The second-order valence-electron chi connectivity index (χ2n) is 7.62. The highest BCUT2D eigenvalue weighted by atomic mass is 35.5. The average Bonchev–Trinajstić information content (AvgIpc) is 2.99. The number of imide groups is 1. The van der Waals surface area contributed by atoms with Gasteiger partial charge in [-0.05, 0) is 61.9 Å². The van der Waals surface area contributed by atoms with E-state index < -0.39 is 23.7 Å². The van der Waals surface area contributed by atoms with E-state index in [0.29, 0.717) is 28.7 Å². The van der Waals surface area contributed by atoms with E-state index in [1.54, 1.807) is 26.0 Å². The van der Waals surface area contributed by atoms with Gasteiger partial charge in [-0.1, -0.05) is 41.4 Å². The summed E-state index contributed by atoms with van der Waals surface area (Å²) in [7, 11) is 1.49. The van der Waals surface area contributed by atoms with E-state index in [1.165, 1.54) is 13.2 Å². The first-order valence-electron chi connectivity index (χ1n) is 10.2. The molecule has 0 N–H and O–H groups in total. The highest BCUT2D eigenvalue weighted by Gasteiger charge is 2.36. The van der Waals surface area contributed by atoms with Gasteiger partial charge in [0.15, 0.2) is 11.5 Å². The molecule has 1 fully saturated rings. The van der Waals surface area contributed by atoms with E-state index in [9.17, 15) is 14.4 Å². The van der Waals surface area contributed by atoms with Crippen LogP contribution < -0.4 is 9.47 Å². The highest BCUT2D eigenvalue weighted by Crippen LogP contribution is 2.39. The lowest BCUT2D eigenvalue weighted by Gasteiger charge is -2.14. The van der Waals surface area contributed by atoms with Gasteiger partial charge < -0.3 is 14.2 Å². The van der Waals surface area contributed by atoms with Crippen molar-refractivity contribution in [3.63, 3.8) is 0 Å². The van der Waals surface area contributed by atoms with E-state index in [-0.39, 0.29) is 11.0 Å². The van der Waals surface area contributed by atoms with Crippen LogP contribution in [-0.2, 0) is 20.9 Å². The predicted molar refractivity (Wildman–Crippen MR) is 127 cm³/mol. The van der Waals surface area contributed by atoms with Gasteiger partial charge >= 0.3 is 5.97 Å². The highest BCUT2D eigenvalue weighted by molar-refractivity contribution is 8.18. The fourth-order valence-corrected chi connectivity index (χ4v) is 4.25. The molecule has 1 aliphatic heterocycles. The second-order valence-corrected chi connectivity index (χ2v) is 9.02. The van der Waals surface area contributed by atoms with Gasteiger partial charge in [-0.2, -0.15) is 0 Å². The number of nitrogens with zero attached hydrogens (tertiary/aromatic N) is 1. The molecule has 0 unspecified atom stereocenters. The molecule has 0 radical (unpaired) electrons. The first-order chi connectivity index (χ1) is 15.7. The van der Waals surface area contributed by atoms with Crippen molar-refractivity contribution in [1.82, 2.24) is 4.90 Å². The van der Waals surface area contributed by atoms with Crippen LogP contribution in [0.5, 0.6) is 11.5 Å². The fourth-order valence-electron chi connectivity index (χ4n) is 3.14. The molecule has 1 heterocycles. The Balaban J connectivity index is 1.78. The number of carbonyl (C=O) groups excluding carboxylic acids is 3. The van der Waals surface area contributed by atoms with Crippen molar-refractivity contribution < 1.29 is 28.6 Å². The molecule has 9 heteroatoms. The zero-order chi connectivity index (χ0) is 24.1. The number of hydrogen-bond acceptors (Lipinski definition) is 7. The maximum absolute atomic E-state index is 12.7. The van der Waals surface area contributed by atoms with E-state index in [1.807, 2.05) is 31.2 Å². The monoisotopic (exact) mass is 489 g/mol. The molecule has 2 amide bonds. The van der Waals surface area contributed by atoms with Crippen LogP contribution >= 0.6 is 23.4 Å². The maximum Gasteiger partial charge on any atom is 0.326 e. The third-order valence-electron chi connectivity index (χ3n) is 4.54. The Labute approximate surface area is 201 Å². The minimum atomic E-state index is -0.645. The van der Waals surface area contributed by atoms with Crippen LogP contribution in [0.2, 0.25) is 5.02 Å². The molecule has 33 heavy (non-hydrogen) atoms. The molecule has 1 saturated heterocycles. The summed E-state index contributed by atoms with van der Waals surface area (Å²) in [6.07, 6.45) is 1.19. The van der Waals surface area contributed by atoms with Crippen LogP contribution in [-0.4, -0.2) is 41.8 Å². The van der Waals surface area contributed by atoms with Crippen LogP contribution in [0.1, 0.15) is 30.5 Å². The molecule has 1 aliphatic rings. The first kappa shape index (κ1) is 24.7. The molecule has 174 valence electrons. The Morgan fingerprint density at radius 3 is 2.64 bits per heavy atom. The van der Waals surface area contributed by atoms with Crippen molar-refractivity contribution in [3.8, 4) is 11.5 Å². The van der Waals surface area contributed by atoms with Crippen molar-refractivity contribution in [1.29, 1.82) is 0 Å². The van der Waals surface area contributed by atoms with Crippen LogP contribution in [0, 0.1) is 6.92 Å². The number of methoxy groups -OCH3 is 1. The number of benzene rings is 2. The average molecular weight is 490 g/mol. The largest absolute Gasteiger partial charge is 0.493 e. The van der Waals surface area contributed by atoms with E-state index in [4.69, 9.17) is 25.8 Å². The SMILES string of the molecule is COc1cc(/C=C2\SC(=O)N(CC(=O)OC(C)C)C2=O)cc(Cl)c1OCc1cccc(C)c1. The van der Waals surface area contributed by atoms with Crippen LogP contribution in [0.15, 0.2) is 41.3 Å². The minimum Gasteiger partial charge on any atom is -0.493 e. The molecule has 2 aromatic carbocycles. The van der Waals surface area contributed by atoms with Gasteiger partial charge in [-0.25, -0.2) is 0 Å². The number of amides is 2. The Bertz CT molecular complexity index is 1110. The van der Waals surface area contributed by atoms with Gasteiger partial charge in [0.25, 0.3) is 11.1 Å². The molecule has 2 aromatic rings. The number of aryl methyl sites for hydroxylation is 1. The standard InChI is InChI=1S/C24H24ClNO6S/c1-14(2)32-21(27)12-26-23(28)20(33-24(26)29)11-17-9-18(25)22(19(10-17)30-4)31-13-16-7-5-6-15(3)8-16/h5-11,14H,12-13H2,1-4H3/b20-11-. The van der Waals surface area contributed by atoms with E-state index >= 15 is 0 Å². The zero-order valence-corrected chi connectivity index (χ0v) is 20.3. The molecule has 0 aliphatic carbocycles. The maximum atomic E-state index is 12.7. The van der Waals surface area contributed by atoms with Gasteiger partial charge in [0, 0.05) is 0 Å². The third kappa shape index (κ3) is 6.30. The summed E-state index contributed by atoms with van der Waals surface area (Å²) in [6.45, 7) is 5.26. The zero-order valence-electron chi connectivity index (χ0n) is 18.7. The Morgan fingerprint density at radius 2 is 1.97 bits per heavy atom. The lowest BCUT2D eigenvalue weighted by Crippen LogP contribution is -2.35. The van der Waals surface area contributed by atoms with Gasteiger partial charge in [0.1, 0.15) is 13.2 Å². The summed E-state index contributed by atoms with van der Waals surface area (Å²) >= 11 is 7.19. The van der Waals surface area contributed by atoms with Gasteiger partial charge in [0.2, 0.25) is 0 Å². The lowest BCUT2D eigenvalue weighted by molar-refractivity contribution is -0.149. The number of carbonyl (C=O) groups is 3. The molecule has 0 saturated carbocycles. The van der Waals surface area contributed by atoms with Crippen LogP contribution in [0.25, 0.3) is 6.08 Å². The smallest absolute Gasteiger partial charge is 0.326 e. The lowest BCUT2D eigenvalue weighted by atomic mass is 10.1. The van der Waals surface area contributed by atoms with Crippen molar-refractivity contribution in [2.75, 3.05) is 13.7 Å². The molecular weight excluding hydrogens is 466 g/mol. The summed E-state index contributed by atoms with van der Waals surface area (Å²) in [5, 5.41) is -0.240. The summed E-state index contributed by atoms with van der Waals surface area (Å²) in [6, 6.07) is 11.2. The molecule has 7 nitrogen and oxygen atoms in total. The van der Waals surface area contributed by atoms with Gasteiger partial charge in [-0.15, -0.1) is 0 Å². The Kier molecular flexibility index (Phi) is 8.05. The summed E-state index contributed by atoms with van der Waals surface area (Å²) in [4.78, 5) is 37.8. The Morgan fingerprint density at radius 1 is 1.21 bits per heavy atom. The summed E-state index contributed by atoms with van der Waals surface area (Å²) in [5.41, 5.74) is 2.66. The van der Waals surface area contributed by atoms with Gasteiger partial charge in [0.05, 0.1) is 23.1 Å². The first-order valence-corrected chi connectivity index (χ1v) is 11.4. The van der Waals surface area contributed by atoms with Crippen molar-refractivity contribution in [3.05, 3.63) is 63.0 Å². The summed E-state index contributed by atoms with van der Waals surface area (Å²) in [5.74, 6) is -0.447. The number of hydrogen-bond donors (Lipinski definition) is 0. The molecule has 0 bridgehead atoms. The van der Waals surface area contributed by atoms with E-state index in [0.717, 1.165) is 27.8 Å². The van der Waals surface area contributed by atoms with Crippen molar-refractivity contribution >= 4 is 46.6 Å². The van der Waals surface area contributed by atoms with Crippen LogP contribution in [0.4, 0.5) is 4.79 Å².